The van der Waals surface area contributed by atoms with Gasteiger partial charge in [0.2, 0.25) is 0 Å². The Bertz CT molecular complexity index is 1160. The second-order valence-corrected chi connectivity index (χ2v) is 9.90. The smallest absolute Gasteiger partial charge is 0.140 e. The average molecular weight is 470 g/mol. The van der Waals surface area contributed by atoms with Crippen molar-refractivity contribution in [3.05, 3.63) is 76.1 Å². The summed E-state index contributed by atoms with van der Waals surface area (Å²) in [6.07, 6.45) is 2.60. The minimum absolute atomic E-state index is 0.0476. The topological polar surface area (TPSA) is 50.5 Å². The van der Waals surface area contributed by atoms with E-state index >= 15 is 0 Å². The van der Waals surface area contributed by atoms with Gasteiger partial charge in [-0.2, -0.15) is 0 Å². The fourth-order valence-corrected chi connectivity index (χ4v) is 5.32. The number of aryl methyl sites for hydroxylation is 1. The Kier molecular flexibility index (Phi) is 5.93. The normalized spacial score (nSPS) is 22.8. The molecule has 33 heavy (non-hydrogen) atoms. The molecule has 5 rings (SSSR count). The van der Waals surface area contributed by atoms with Crippen LogP contribution >= 0.6 is 11.6 Å². The van der Waals surface area contributed by atoms with E-state index in [0.717, 1.165) is 35.7 Å². The van der Waals surface area contributed by atoms with Crippen molar-refractivity contribution in [3.63, 3.8) is 0 Å². The lowest BCUT2D eigenvalue weighted by Crippen LogP contribution is -2.39. The Morgan fingerprint density at radius 2 is 1.97 bits per heavy atom. The molecule has 2 heterocycles. The van der Waals surface area contributed by atoms with Gasteiger partial charge in [0.15, 0.2) is 0 Å². The van der Waals surface area contributed by atoms with Crippen LogP contribution in [0.25, 0.3) is 5.69 Å². The van der Waals surface area contributed by atoms with Crippen molar-refractivity contribution >= 4 is 11.6 Å². The van der Waals surface area contributed by atoms with Crippen molar-refractivity contribution in [2.75, 3.05) is 13.1 Å². The zero-order valence-electron chi connectivity index (χ0n) is 19.1. The molecule has 3 atom stereocenters. The summed E-state index contributed by atoms with van der Waals surface area (Å²) in [4.78, 5) is 6.86. The average Bonchev–Trinajstić information content (AvgIpc) is 3.46. The molecule has 0 amide bonds. The highest BCUT2D eigenvalue weighted by Gasteiger charge is 2.42. The number of imidazole rings is 1. The van der Waals surface area contributed by atoms with E-state index in [9.17, 15) is 9.50 Å². The van der Waals surface area contributed by atoms with Crippen molar-refractivity contribution in [3.8, 4) is 11.4 Å². The van der Waals surface area contributed by atoms with Crippen molar-refractivity contribution in [2.24, 2.45) is 0 Å². The molecule has 0 radical (unpaired) electrons. The molecule has 1 N–H and O–H groups in total. The van der Waals surface area contributed by atoms with E-state index in [1.165, 1.54) is 6.07 Å². The first kappa shape index (κ1) is 22.4. The first-order chi connectivity index (χ1) is 15.8. The number of aromatic nitrogens is 2. The van der Waals surface area contributed by atoms with E-state index in [4.69, 9.17) is 16.3 Å². The van der Waals surface area contributed by atoms with Crippen molar-refractivity contribution in [1.82, 2.24) is 14.5 Å². The molecular formula is C26H29ClFN3O2. The standard InChI is InChI=1S/C26H29ClFN3O2/c1-15(2)26-29-16(3)13-31(26)18-4-6-20(7-5-18)33-25-22-10-17(27)11-23(28)21(22)12-24(25)30-9-8-19(32)14-30/h4-7,10-11,13,15,19,24-25,32H,8-9,12,14H2,1-3H3/t19-,24+,25+/m1/s1. The molecule has 1 fully saturated rings. The zero-order chi connectivity index (χ0) is 23.3. The highest BCUT2D eigenvalue weighted by Crippen LogP contribution is 2.41. The van der Waals surface area contributed by atoms with Crippen LogP contribution in [-0.4, -0.2) is 44.8 Å². The highest BCUT2D eigenvalue weighted by atomic mass is 35.5. The summed E-state index contributed by atoms with van der Waals surface area (Å²) in [6.45, 7) is 7.60. The van der Waals surface area contributed by atoms with E-state index in [1.54, 1.807) is 0 Å². The van der Waals surface area contributed by atoms with Gasteiger partial charge in [0.1, 0.15) is 23.5 Å². The Labute approximate surface area is 198 Å². The van der Waals surface area contributed by atoms with Gasteiger partial charge in [-0.3, -0.25) is 4.90 Å². The molecule has 2 aromatic carbocycles. The highest BCUT2D eigenvalue weighted by molar-refractivity contribution is 6.30. The fourth-order valence-electron chi connectivity index (χ4n) is 5.11. The number of ether oxygens (including phenoxy) is 1. The molecule has 0 bridgehead atoms. The predicted molar refractivity (Wildman–Crippen MR) is 127 cm³/mol. The molecular weight excluding hydrogens is 441 g/mol. The van der Waals surface area contributed by atoms with Crippen LogP contribution in [0.3, 0.4) is 0 Å². The molecule has 1 aliphatic carbocycles. The SMILES string of the molecule is Cc1cn(-c2ccc(O[C@H]3c4cc(Cl)cc(F)c4C[C@@H]3N3CC[C@@H](O)C3)cc2)c(C(C)C)n1. The summed E-state index contributed by atoms with van der Waals surface area (Å²) >= 11 is 6.20. The maximum atomic E-state index is 14.7. The number of likely N-dealkylation sites (tertiary alicyclic amines) is 1. The van der Waals surface area contributed by atoms with Crippen molar-refractivity contribution < 1.29 is 14.2 Å². The molecule has 1 aromatic heterocycles. The van der Waals surface area contributed by atoms with Gasteiger partial charge >= 0.3 is 0 Å². The molecule has 7 heteroatoms. The number of rotatable bonds is 5. The van der Waals surface area contributed by atoms with Gasteiger partial charge in [0.25, 0.3) is 0 Å². The summed E-state index contributed by atoms with van der Waals surface area (Å²) < 4.78 is 23.3. The Hall–Kier alpha value is -2.41. The number of hydrogen-bond acceptors (Lipinski definition) is 4. The first-order valence-electron chi connectivity index (χ1n) is 11.5. The third-order valence-electron chi connectivity index (χ3n) is 6.68. The van der Waals surface area contributed by atoms with Crippen LogP contribution in [0.5, 0.6) is 5.75 Å². The van der Waals surface area contributed by atoms with Gasteiger partial charge in [0.05, 0.1) is 17.8 Å². The first-order valence-corrected chi connectivity index (χ1v) is 11.9. The minimum atomic E-state index is -0.355. The third-order valence-corrected chi connectivity index (χ3v) is 6.89. The van der Waals surface area contributed by atoms with Gasteiger partial charge in [-0.25, -0.2) is 9.37 Å². The molecule has 0 spiro atoms. The van der Waals surface area contributed by atoms with Gasteiger partial charge < -0.3 is 14.4 Å². The lowest BCUT2D eigenvalue weighted by atomic mass is 10.1. The second kappa shape index (κ2) is 8.75. The number of β-amino-alcohol motifs (C(OH)–C–C–N with tert-alkyl or cyclic N) is 1. The number of aliphatic hydroxyl groups excluding tert-OH is 1. The number of fused-ring (bicyclic) bond motifs is 1. The van der Waals surface area contributed by atoms with Crippen LogP contribution in [0.2, 0.25) is 5.02 Å². The maximum Gasteiger partial charge on any atom is 0.140 e. The van der Waals surface area contributed by atoms with Crippen LogP contribution in [0, 0.1) is 12.7 Å². The quantitative estimate of drug-likeness (QED) is 0.557. The van der Waals surface area contributed by atoms with E-state index < -0.39 is 0 Å². The maximum absolute atomic E-state index is 14.7. The van der Waals surface area contributed by atoms with Crippen LogP contribution in [0.4, 0.5) is 4.39 Å². The lowest BCUT2D eigenvalue weighted by Gasteiger charge is -2.30. The fraction of sp³-hybridized carbons (Fsp3) is 0.423. The van der Waals surface area contributed by atoms with E-state index in [-0.39, 0.29) is 24.1 Å². The second-order valence-electron chi connectivity index (χ2n) is 9.46. The van der Waals surface area contributed by atoms with Crippen LogP contribution in [0.15, 0.2) is 42.6 Å². The minimum Gasteiger partial charge on any atom is -0.484 e. The summed E-state index contributed by atoms with van der Waals surface area (Å²) in [5.74, 6) is 1.74. The van der Waals surface area contributed by atoms with E-state index in [0.29, 0.717) is 35.2 Å². The molecule has 3 aromatic rings. The largest absolute Gasteiger partial charge is 0.484 e. The molecule has 0 unspecified atom stereocenters. The number of halogens is 2. The number of nitrogens with zero attached hydrogens (tertiary/aromatic N) is 3. The number of benzene rings is 2. The molecule has 174 valence electrons. The predicted octanol–water partition coefficient (Wildman–Crippen LogP) is 5.21. The van der Waals surface area contributed by atoms with Crippen molar-refractivity contribution in [2.45, 2.75) is 57.8 Å². The van der Waals surface area contributed by atoms with Crippen LogP contribution < -0.4 is 4.74 Å². The van der Waals surface area contributed by atoms with Crippen molar-refractivity contribution in [1.29, 1.82) is 0 Å². The summed E-state index contributed by atoms with van der Waals surface area (Å²) in [5.41, 5.74) is 3.45. The molecule has 2 aliphatic rings. The molecule has 5 nitrogen and oxygen atoms in total. The Balaban J connectivity index is 1.44. The zero-order valence-corrected chi connectivity index (χ0v) is 19.9. The van der Waals surface area contributed by atoms with Gasteiger partial charge in [-0.05, 0) is 61.7 Å². The number of hydrogen-bond donors (Lipinski definition) is 1. The van der Waals surface area contributed by atoms with Crippen LogP contribution in [-0.2, 0) is 6.42 Å². The molecule has 1 saturated heterocycles. The monoisotopic (exact) mass is 469 g/mol. The van der Waals surface area contributed by atoms with E-state index in [1.807, 2.05) is 43.5 Å². The lowest BCUT2D eigenvalue weighted by molar-refractivity contribution is 0.0818. The summed E-state index contributed by atoms with van der Waals surface area (Å²) in [6, 6.07) is 11.1. The molecule has 0 saturated carbocycles. The summed E-state index contributed by atoms with van der Waals surface area (Å²) in [5, 5.41) is 10.4. The third kappa shape index (κ3) is 4.27. The van der Waals surface area contributed by atoms with Gasteiger partial charge in [0, 0.05) is 41.5 Å². The summed E-state index contributed by atoms with van der Waals surface area (Å²) in [7, 11) is 0. The molecule has 1 aliphatic heterocycles. The van der Waals surface area contributed by atoms with Gasteiger partial charge in [-0.1, -0.05) is 25.4 Å². The Morgan fingerprint density at radius 1 is 1.21 bits per heavy atom. The van der Waals surface area contributed by atoms with Crippen LogP contribution in [0.1, 0.15) is 54.9 Å². The number of aliphatic hydroxyl groups is 1. The van der Waals surface area contributed by atoms with Gasteiger partial charge in [-0.15, -0.1) is 0 Å². The van der Waals surface area contributed by atoms with E-state index in [2.05, 4.69) is 28.3 Å². The Morgan fingerprint density at radius 3 is 2.64 bits per heavy atom.